The molecule has 2 fully saturated rings. The number of halogens is 1. The standard InChI is InChI=1S/C53H58FN3O11/c1-2-25-66-53-49(56(52(60)36-16-17-36)30-35-15-21-47-48(26-35)65-33-64-47)29-45(55-67-31-34-13-18-39(19-14-34)57(61)62)42-27-37(9-5-7-23-58)41(11-6-8-24-59)50(51(42)53)43-28-40(20-22-46(43)68-53)63-32-38-10-3-4-12-44(38)54/h2-4,10,12-15,18-22,26-28,36-37,41,49-51,58-59H,1,5-9,11,16-17,23-25,29-33H2. The van der Waals surface area contributed by atoms with Crippen molar-refractivity contribution in [2.24, 2.45) is 28.8 Å². The molecule has 2 aliphatic heterocycles. The molecule has 6 unspecified atom stereocenters. The third-order valence-electron chi connectivity index (χ3n) is 13.9. The number of nitro benzene ring substituents is 1. The van der Waals surface area contributed by atoms with Gasteiger partial charge in [-0.25, -0.2) is 4.39 Å². The van der Waals surface area contributed by atoms with Crippen molar-refractivity contribution >= 4 is 17.3 Å². The SMILES string of the molecule is C=CCOC12Oc3ccc(OCc4ccccc4F)cc3C3C(CCCCO)C(CCCCO)C=C(C(=NOCc4ccc([N+](=O)[O-])cc4)CC1N(Cc1ccc4c(c1)OCO4)C(=O)C1CC1)C32. The summed E-state index contributed by atoms with van der Waals surface area (Å²) < 4.78 is 47.2. The van der Waals surface area contributed by atoms with Gasteiger partial charge in [0.15, 0.2) is 11.5 Å². The molecule has 358 valence electrons. The molecular formula is C53H58FN3O11. The number of benzene rings is 4. The number of non-ortho nitro benzene ring substituents is 1. The fourth-order valence-electron chi connectivity index (χ4n) is 10.6. The fourth-order valence-corrected chi connectivity index (χ4v) is 10.6. The third kappa shape index (κ3) is 9.83. The minimum Gasteiger partial charge on any atom is -0.489 e. The number of carbonyl (C=O) groups is 1. The smallest absolute Gasteiger partial charge is 0.269 e. The van der Waals surface area contributed by atoms with E-state index in [4.69, 9.17) is 33.7 Å². The Hall–Kier alpha value is -6.29. The monoisotopic (exact) mass is 931 g/mol. The lowest BCUT2D eigenvalue weighted by Crippen LogP contribution is -2.70. The molecule has 9 rings (SSSR count). The number of oxime groups is 1. The number of fused-ring (bicyclic) bond motifs is 3. The highest BCUT2D eigenvalue weighted by molar-refractivity contribution is 6.03. The number of amides is 1. The van der Waals surface area contributed by atoms with Gasteiger partial charge in [0.2, 0.25) is 18.5 Å². The minimum absolute atomic E-state index is 0.00470. The number of allylic oxidation sites excluding steroid dienone is 1. The summed E-state index contributed by atoms with van der Waals surface area (Å²) in [6.45, 7) is 4.58. The summed E-state index contributed by atoms with van der Waals surface area (Å²) in [6.07, 6.45) is 9.87. The summed E-state index contributed by atoms with van der Waals surface area (Å²) in [5.41, 5.74) is 4.23. The molecule has 5 aliphatic rings. The maximum atomic E-state index is 15.0. The lowest BCUT2D eigenvalue weighted by molar-refractivity contribution is -0.384. The first-order chi connectivity index (χ1) is 33.2. The Labute approximate surface area is 395 Å². The first-order valence-corrected chi connectivity index (χ1v) is 23.7. The van der Waals surface area contributed by atoms with Crippen molar-refractivity contribution in [1.29, 1.82) is 0 Å². The van der Waals surface area contributed by atoms with Crippen LogP contribution < -0.4 is 18.9 Å². The van der Waals surface area contributed by atoms with Crippen LogP contribution in [-0.4, -0.2) is 70.1 Å². The first kappa shape index (κ1) is 46.8. The number of nitrogens with zero attached hydrogens (tertiary/aromatic N) is 3. The minimum atomic E-state index is -1.49. The zero-order valence-electron chi connectivity index (χ0n) is 38.0. The van der Waals surface area contributed by atoms with Gasteiger partial charge in [0.05, 0.1) is 23.2 Å². The number of aliphatic hydroxyl groups excluding tert-OH is 2. The quantitative estimate of drug-likeness (QED) is 0.0333. The summed E-state index contributed by atoms with van der Waals surface area (Å²) in [5.74, 6) is -0.703. The van der Waals surface area contributed by atoms with Gasteiger partial charge in [-0.3, -0.25) is 14.9 Å². The normalized spacial score (nSPS) is 23.7. The van der Waals surface area contributed by atoms with Gasteiger partial charge < -0.3 is 43.6 Å². The van der Waals surface area contributed by atoms with Crippen molar-refractivity contribution in [3.8, 4) is 23.0 Å². The molecule has 3 aliphatic carbocycles. The Bertz CT molecular complexity index is 2530. The molecule has 68 heavy (non-hydrogen) atoms. The third-order valence-corrected chi connectivity index (χ3v) is 13.9. The van der Waals surface area contributed by atoms with Crippen LogP contribution in [0.3, 0.4) is 0 Å². The van der Waals surface area contributed by atoms with Crippen molar-refractivity contribution in [3.63, 3.8) is 0 Å². The Morgan fingerprint density at radius 2 is 1.68 bits per heavy atom. The molecule has 0 bridgehead atoms. The average molecular weight is 932 g/mol. The summed E-state index contributed by atoms with van der Waals surface area (Å²) in [5, 5.41) is 36.4. The maximum Gasteiger partial charge on any atom is 0.269 e. The lowest BCUT2D eigenvalue weighted by atomic mass is 9.55. The molecule has 2 heterocycles. The average Bonchev–Trinajstić information content (AvgIpc) is 4.10. The molecule has 1 amide bonds. The molecule has 14 nitrogen and oxygen atoms in total. The van der Waals surface area contributed by atoms with Gasteiger partial charge in [-0.2, -0.15) is 0 Å². The molecule has 0 aromatic heterocycles. The number of unbranched alkanes of at least 4 members (excludes halogenated alkanes) is 2. The van der Waals surface area contributed by atoms with E-state index >= 15 is 4.79 Å². The second kappa shape index (κ2) is 20.9. The number of aliphatic hydroxyl groups is 2. The van der Waals surface area contributed by atoms with E-state index in [1.165, 1.54) is 18.2 Å². The molecule has 6 atom stereocenters. The molecule has 0 radical (unpaired) electrons. The number of nitro groups is 1. The second-order valence-corrected chi connectivity index (χ2v) is 18.3. The van der Waals surface area contributed by atoms with Crippen LogP contribution in [0.2, 0.25) is 0 Å². The van der Waals surface area contributed by atoms with E-state index in [-0.39, 0.29) is 93.9 Å². The first-order valence-electron chi connectivity index (χ1n) is 23.7. The van der Waals surface area contributed by atoms with Crippen molar-refractivity contribution < 1.29 is 52.8 Å². The van der Waals surface area contributed by atoms with E-state index in [0.29, 0.717) is 52.7 Å². The molecule has 4 aromatic rings. The fraction of sp³-hybridized carbons (Fsp3) is 0.434. The van der Waals surface area contributed by atoms with Gasteiger partial charge in [-0.05, 0) is 116 Å². The molecule has 4 aromatic carbocycles. The largest absolute Gasteiger partial charge is 0.489 e. The maximum absolute atomic E-state index is 15.0. The number of hydrogen-bond donors (Lipinski definition) is 2. The zero-order valence-corrected chi connectivity index (χ0v) is 38.0. The van der Waals surface area contributed by atoms with Crippen molar-refractivity contribution in [3.05, 3.63) is 147 Å². The summed E-state index contributed by atoms with van der Waals surface area (Å²) in [6, 6.07) is 23.3. The van der Waals surface area contributed by atoms with Crippen molar-refractivity contribution in [1.82, 2.24) is 4.90 Å². The van der Waals surface area contributed by atoms with Crippen LogP contribution in [0.15, 0.2) is 114 Å². The highest BCUT2D eigenvalue weighted by Crippen LogP contribution is 2.62. The highest BCUT2D eigenvalue weighted by atomic mass is 19.1. The molecular weight excluding hydrogens is 874 g/mol. The van der Waals surface area contributed by atoms with Crippen LogP contribution in [0.25, 0.3) is 0 Å². The van der Waals surface area contributed by atoms with Crippen LogP contribution in [0.4, 0.5) is 10.1 Å². The van der Waals surface area contributed by atoms with Gasteiger partial charge in [0.1, 0.15) is 36.6 Å². The van der Waals surface area contributed by atoms with Crippen molar-refractivity contribution in [2.75, 3.05) is 26.6 Å². The van der Waals surface area contributed by atoms with E-state index in [1.807, 2.05) is 41.3 Å². The highest BCUT2D eigenvalue weighted by Gasteiger charge is 2.66. The Kier molecular flexibility index (Phi) is 14.4. The molecule has 15 heteroatoms. The van der Waals surface area contributed by atoms with Gasteiger partial charge in [0.25, 0.3) is 5.69 Å². The Morgan fingerprint density at radius 1 is 0.926 bits per heavy atom. The summed E-state index contributed by atoms with van der Waals surface area (Å²) in [7, 11) is 0. The number of ether oxygens (including phenoxy) is 5. The van der Waals surface area contributed by atoms with E-state index in [1.54, 1.807) is 36.4 Å². The number of rotatable bonds is 22. The van der Waals surface area contributed by atoms with Gasteiger partial charge in [-0.1, -0.05) is 54.4 Å². The Morgan fingerprint density at radius 3 is 2.43 bits per heavy atom. The van der Waals surface area contributed by atoms with Gasteiger partial charge in [0, 0.05) is 61.3 Å². The van der Waals surface area contributed by atoms with E-state index in [2.05, 4.69) is 12.7 Å². The van der Waals surface area contributed by atoms with Gasteiger partial charge >= 0.3 is 0 Å². The molecule has 0 saturated heterocycles. The van der Waals surface area contributed by atoms with Gasteiger partial charge in [-0.15, -0.1) is 6.58 Å². The van der Waals surface area contributed by atoms with E-state index < -0.39 is 22.7 Å². The predicted molar refractivity (Wildman–Crippen MR) is 249 cm³/mol. The molecule has 2 N–H and O–H groups in total. The van der Waals surface area contributed by atoms with E-state index in [9.17, 15) is 24.7 Å². The zero-order chi connectivity index (χ0) is 47.2. The van der Waals surface area contributed by atoms with Crippen LogP contribution >= 0.6 is 0 Å². The lowest BCUT2D eigenvalue weighted by Gasteiger charge is -2.60. The van der Waals surface area contributed by atoms with Crippen molar-refractivity contribution in [2.45, 2.75) is 95.3 Å². The number of hydrogen-bond acceptors (Lipinski definition) is 12. The second-order valence-electron chi connectivity index (χ2n) is 18.3. The van der Waals surface area contributed by atoms with E-state index in [0.717, 1.165) is 55.2 Å². The van der Waals surface area contributed by atoms with Crippen LogP contribution in [0, 0.1) is 39.6 Å². The van der Waals surface area contributed by atoms with Crippen LogP contribution in [-0.2, 0) is 34.1 Å². The topological polar surface area (TPSA) is 172 Å². The van der Waals surface area contributed by atoms with Crippen LogP contribution in [0.1, 0.15) is 86.0 Å². The Balaban J connectivity index is 1.21. The van der Waals surface area contributed by atoms with Crippen LogP contribution in [0.5, 0.6) is 23.0 Å². The molecule has 0 spiro atoms. The summed E-state index contributed by atoms with van der Waals surface area (Å²) >= 11 is 0. The molecule has 2 saturated carbocycles. The predicted octanol–water partition coefficient (Wildman–Crippen LogP) is 9.31. The summed E-state index contributed by atoms with van der Waals surface area (Å²) in [4.78, 5) is 34.1. The number of carbonyl (C=O) groups excluding carboxylic acids is 1.